The minimum absolute atomic E-state index is 0.00647. The number of nitrogens with zero attached hydrogens (tertiary/aromatic N) is 4. The van der Waals surface area contributed by atoms with E-state index in [2.05, 4.69) is 17.1 Å². The van der Waals surface area contributed by atoms with Crippen molar-refractivity contribution in [3.8, 4) is 28.8 Å². The molecule has 1 saturated heterocycles. The number of nitrogens with two attached hydrogens (primary N) is 1. The van der Waals surface area contributed by atoms with Crippen LogP contribution in [0.5, 0.6) is 11.6 Å². The molecule has 2 aliphatic heterocycles. The molecule has 0 spiro atoms. The molecule has 4 heterocycles. The number of aromatic nitrogens is 3. The van der Waals surface area contributed by atoms with Crippen molar-refractivity contribution in [2.24, 2.45) is 12.8 Å². The Balaban J connectivity index is 1.53. The van der Waals surface area contributed by atoms with Crippen LogP contribution in [0.25, 0.3) is 22.0 Å². The first-order chi connectivity index (χ1) is 19.0. The van der Waals surface area contributed by atoms with E-state index in [9.17, 15) is 5.26 Å². The summed E-state index contributed by atoms with van der Waals surface area (Å²) in [7, 11) is 1.93. The number of rotatable bonds is 3. The standard InChI is InChI=1S/C31H25N5O3/c1-36-18-34-14-29(36)31(33)22-6-5-20(13-32)21(9-22)15-38-24-4-2-3-19(10-24)26-12-30(39-25-16-37-17-25)35-28-8-7-23(31)11-27(26)28/h2-12,14,18,25H,15-17,33H2,1H3/t31-/m1/s1. The molecule has 0 amide bonds. The van der Waals surface area contributed by atoms with Crippen LogP contribution < -0.4 is 15.2 Å². The van der Waals surface area contributed by atoms with Gasteiger partial charge in [-0.15, -0.1) is 0 Å². The summed E-state index contributed by atoms with van der Waals surface area (Å²) in [5, 5.41) is 10.8. The van der Waals surface area contributed by atoms with E-state index < -0.39 is 5.54 Å². The number of pyridine rings is 1. The number of hydrogen-bond donors (Lipinski definition) is 1. The van der Waals surface area contributed by atoms with Crippen molar-refractivity contribution in [2.45, 2.75) is 18.2 Å². The van der Waals surface area contributed by atoms with Gasteiger partial charge >= 0.3 is 0 Å². The van der Waals surface area contributed by atoms with Crippen molar-refractivity contribution in [1.82, 2.24) is 14.5 Å². The second kappa shape index (κ2) is 8.95. The largest absolute Gasteiger partial charge is 0.489 e. The molecule has 1 fully saturated rings. The van der Waals surface area contributed by atoms with Crippen LogP contribution in [0.1, 0.15) is 27.9 Å². The van der Waals surface area contributed by atoms with Crippen LogP contribution >= 0.6 is 0 Å². The molecular formula is C31H25N5O3. The lowest BCUT2D eigenvalue weighted by Crippen LogP contribution is -2.41. The molecule has 192 valence electrons. The lowest BCUT2D eigenvalue weighted by atomic mass is 9.79. The normalized spacial score (nSPS) is 18.3. The monoisotopic (exact) mass is 515 g/mol. The van der Waals surface area contributed by atoms with Crippen molar-refractivity contribution in [3.05, 3.63) is 107 Å². The van der Waals surface area contributed by atoms with Crippen LogP contribution in [0, 0.1) is 11.3 Å². The van der Waals surface area contributed by atoms with Crippen molar-refractivity contribution < 1.29 is 14.2 Å². The van der Waals surface area contributed by atoms with Gasteiger partial charge in [0, 0.05) is 24.1 Å². The fourth-order valence-corrected chi connectivity index (χ4v) is 5.38. The molecule has 0 aliphatic carbocycles. The first-order valence-corrected chi connectivity index (χ1v) is 12.7. The lowest BCUT2D eigenvalue weighted by molar-refractivity contribution is -0.0812. The summed E-state index contributed by atoms with van der Waals surface area (Å²) in [5.74, 6) is 1.24. The minimum atomic E-state index is -1.06. The highest BCUT2D eigenvalue weighted by atomic mass is 16.6. The van der Waals surface area contributed by atoms with E-state index in [1.165, 1.54) is 0 Å². The molecule has 3 aromatic carbocycles. The Hall–Kier alpha value is -4.71. The fraction of sp³-hybridized carbons (Fsp3) is 0.194. The summed E-state index contributed by atoms with van der Waals surface area (Å²) in [6.45, 7) is 1.34. The Bertz CT molecular complexity index is 1790. The summed E-state index contributed by atoms with van der Waals surface area (Å²) < 4.78 is 19.6. The van der Waals surface area contributed by atoms with E-state index in [1.54, 1.807) is 12.5 Å². The van der Waals surface area contributed by atoms with Crippen molar-refractivity contribution in [3.63, 3.8) is 0 Å². The molecule has 0 saturated carbocycles. The van der Waals surface area contributed by atoms with Crippen LogP contribution in [0.2, 0.25) is 0 Å². The van der Waals surface area contributed by atoms with Crippen molar-refractivity contribution in [1.29, 1.82) is 5.26 Å². The molecule has 2 aliphatic rings. The highest BCUT2D eigenvalue weighted by molar-refractivity contribution is 5.96. The number of benzene rings is 3. The van der Waals surface area contributed by atoms with Gasteiger partial charge in [-0.1, -0.05) is 24.3 Å². The number of nitriles is 1. The second-order valence-electron chi connectivity index (χ2n) is 10.0. The molecule has 6 bridgehead atoms. The van der Waals surface area contributed by atoms with Crippen LogP contribution in [0.3, 0.4) is 0 Å². The highest BCUT2D eigenvalue weighted by Gasteiger charge is 2.36. The Morgan fingerprint density at radius 3 is 2.69 bits per heavy atom. The Morgan fingerprint density at radius 1 is 1.08 bits per heavy atom. The predicted octanol–water partition coefficient (Wildman–Crippen LogP) is 4.43. The molecule has 2 aromatic heterocycles. The molecule has 0 unspecified atom stereocenters. The molecular weight excluding hydrogens is 490 g/mol. The first-order valence-electron chi connectivity index (χ1n) is 12.7. The van der Waals surface area contributed by atoms with Gasteiger partial charge in [0.25, 0.3) is 0 Å². The van der Waals surface area contributed by atoms with Crippen LogP contribution in [0.4, 0.5) is 0 Å². The highest BCUT2D eigenvalue weighted by Crippen LogP contribution is 2.40. The SMILES string of the molecule is Cn1cncc1[C@@]1(N)c2ccc(C#N)c(c2)COc2cccc(c2)-c2cc(OC3COC3)nc3ccc1cc23. The van der Waals surface area contributed by atoms with Crippen molar-refractivity contribution in [2.75, 3.05) is 13.2 Å². The topological polar surface area (TPSA) is 108 Å². The molecule has 39 heavy (non-hydrogen) atoms. The zero-order chi connectivity index (χ0) is 26.6. The van der Waals surface area contributed by atoms with Crippen molar-refractivity contribution >= 4 is 10.9 Å². The number of imidazole rings is 1. The van der Waals surface area contributed by atoms with E-state index in [0.29, 0.717) is 30.4 Å². The molecule has 5 aromatic rings. The number of hydrogen-bond acceptors (Lipinski definition) is 7. The number of ether oxygens (including phenoxy) is 3. The molecule has 8 nitrogen and oxygen atoms in total. The summed E-state index contributed by atoms with van der Waals surface area (Å²) in [6, 6.07) is 24.0. The smallest absolute Gasteiger partial charge is 0.214 e. The van der Waals surface area contributed by atoms with Gasteiger partial charge in [0.05, 0.1) is 48.6 Å². The van der Waals surface area contributed by atoms with Gasteiger partial charge in [-0.05, 0) is 58.7 Å². The third-order valence-electron chi connectivity index (χ3n) is 7.58. The summed E-state index contributed by atoms with van der Waals surface area (Å²) in [6.07, 6.45) is 3.52. The molecule has 8 heteroatoms. The van der Waals surface area contributed by atoms with Gasteiger partial charge in [-0.2, -0.15) is 5.26 Å². The van der Waals surface area contributed by atoms with E-state index in [1.807, 2.05) is 72.3 Å². The van der Waals surface area contributed by atoms with E-state index >= 15 is 0 Å². The Labute approximate surface area is 225 Å². The van der Waals surface area contributed by atoms with Crippen LogP contribution in [-0.2, 0) is 23.9 Å². The van der Waals surface area contributed by atoms with Crippen LogP contribution in [-0.4, -0.2) is 33.9 Å². The lowest BCUT2D eigenvalue weighted by Gasteiger charge is -2.32. The van der Waals surface area contributed by atoms with Gasteiger partial charge in [-0.3, -0.25) is 0 Å². The zero-order valence-electron chi connectivity index (χ0n) is 21.3. The maximum absolute atomic E-state index is 9.83. The average molecular weight is 516 g/mol. The molecule has 1 atom stereocenters. The average Bonchev–Trinajstić information content (AvgIpc) is 3.38. The summed E-state index contributed by atoms with van der Waals surface area (Å²) >= 11 is 0. The van der Waals surface area contributed by atoms with Gasteiger partial charge < -0.3 is 24.5 Å². The number of aryl methyl sites for hydroxylation is 1. The third-order valence-corrected chi connectivity index (χ3v) is 7.58. The second-order valence-corrected chi connectivity index (χ2v) is 10.0. The first kappa shape index (κ1) is 23.4. The van der Waals surface area contributed by atoms with Gasteiger partial charge in [0.15, 0.2) is 0 Å². The van der Waals surface area contributed by atoms with Gasteiger partial charge in [0.2, 0.25) is 5.88 Å². The van der Waals surface area contributed by atoms with Crippen LogP contribution in [0.15, 0.2) is 79.3 Å². The molecule has 2 N–H and O–H groups in total. The Morgan fingerprint density at radius 2 is 1.92 bits per heavy atom. The summed E-state index contributed by atoms with van der Waals surface area (Å²) in [5.41, 5.74) is 12.9. The molecule has 0 radical (unpaired) electrons. The third kappa shape index (κ3) is 3.83. The zero-order valence-corrected chi connectivity index (χ0v) is 21.3. The Kier molecular flexibility index (Phi) is 5.37. The number of fused-ring (bicyclic) bond motifs is 6. The van der Waals surface area contributed by atoms with Gasteiger partial charge in [-0.25, -0.2) is 9.97 Å². The quantitative estimate of drug-likeness (QED) is 0.379. The predicted molar refractivity (Wildman–Crippen MR) is 145 cm³/mol. The van der Waals surface area contributed by atoms with E-state index in [4.69, 9.17) is 24.9 Å². The molecule has 7 rings (SSSR count). The fourth-order valence-electron chi connectivity index (χ4n) is 5.38. The van der Waals surface area contributed by atoms with E-state index in [-0.39, 0.29) is 12.7 Å². The minimum Gasteiger partial charge on any atom is -0.489 e. The van der Waals surface area contributed by atoms with E-state index in [0.717, 1.165) is 44.4 Å². The maximum atomic E-state index is 9.83. The van der Waals surface area contributed by atoms with Gasteiger partial charge in [0.1, 0.15) is 24.0 Å². The summed E-state index contributed by atoms with van der Waals surface area (Å²) in [4.78, 5) is 9.21. The maximum Gasteiger partial charge on any atom is 0.214 e.